The van der Waals surface area contributed by atoms with Crippen molar-refractivity contribution in [3.05, 3.63) is 223 Å². The molecule has 1 aliphatic carbocycles. The van der Waals surface area contributed by atoms with Crippen molar-refractivity contribution in [3.8, 4) is 44.5 Å². The molecule has 0 aliphatic heterocycles. The average molecular weight is 740 g/mol. The highest BCUT2D eigenvalue weighted by molar-refractivity contribution is 6.09. The highest BCUT2D eigenvalue weighted by Gasteiger charge is 2.36. The van der Waals surface area contributed by atoms with Crippen molar-refractivity contribution < 1.29 is 0 Å². The summed E-state index contributed by atoms with van der Waals surface area (Å²) in [6, 6.07) is 78.3. The molecule has 0 fully saturated rings. The van der Waals surface area contributed by atoms with E-state index in [0.29, 0.717) is 0 Å². The summed E-state index contributed by atoms with van der Waals surface area (Å²) in [5.74, 6) is 0. The van der Waals surface area contributed by atoms with E-state index in [1.54, 1.807) is 0 Å². The standard InChI is InChI=1S/C57H41N/c1-57(2)54-36-44(43-25-23-39-15-6-7-17-41(39)33-43)27-30-52(54)53-32-29-48(37-55(53)57)58(47-28-31-50-46(35-47)26-24-40-16-8-9-20-49(40)50)56-22-11-10-21-51(56)45-19-12-18-42(34-45)38-13-4-3-5-14-38/h3-37H,1-2H3. The van der Waals surface area contributed by atoms with Crippen molar-refractivity contribution in [1.29, 1.82) is 0 Å². The van der Waals surface area contributed by atoms with Crippen molar-refractivity contribution in [1.82, 2.24) is 0 Å². The smallest absolute Gasteiger partial charge is 0.0540 e. The lowest BCUT2D eigenvalue weighted by Gasteiger charge is -2.30. The largest absolute Gasteiger partial charge is 0.310 e. The average Bonchev–Trinajstić information content (AvgIpc) is 3.51. The Morgan fingerprint density at radius 1 is 0.310 bits per heavy atom. The predicted octanol–water partition coefficient (Wildman–Crippen LogP) is 15.9. The number of nitrogens with zero attached hydrogens (tertiary/aromatic N) is 1. The van der Waals surface area contributed by atoms with Crippen LogP contribution in [0.1, 0.15) is 25.0 Å². The van der Waals surface area contributed by atoms with E-state index < -0.39 is 0 Å². The summed E-state index contributed by atoms with van der Waals surface area (Å²) in [6.45, 7) is 4.78. The number of anilines is 3. The molecule has 1 nitrogen and oxygen atoms in total. The van der Waals surface area contributed by atoms with E-state index in [2.05, 4.69) is 231 Å². The van der Waals surface area contributed by atoms with Crippen LogP contribution in [0.3, 0.4) is 0 Å². The van der Waals surface area contributed by atoms with Crippen LogP contribution >= 0.6 is 0 Å². The fourth-order valence-electron chi connectivity index (χ4n) is 9.39. The Kier molecular flexibility index (Phi) is 7.91. The van der Waals surface area contributed by atoms with Crippen LogP contribution in [0.4, 0.5) is 17.1 Å². The van der Waals surface area contributed by atoms with Crippen molar-refractivity contribution >= 4 is 49.4 Å². The molecule has 11 rings (SSSR count). The number of rotatable bonds is 6. The Morgan fingerprint density at radius 3 is 1.76 bits per heavy atom. The van der Waals surface area contributed by atoms with Crippen molar-refractivity contribution in [2.45, 2.75) is 19.3 Å². The number of fused-ring (bicyclic) bond motifs is 7. The molecule has 274 valence electrons. The molecule has 0 saturated heterocycles. The predicted molar refractivity (Wildman–Crippen MR) is 248 cm³/mol. The van der Waals surface area contributed by atoms with Gasteiger partial charge in [0, 0.05) is 22.4 Å². The molecule has 10 aromatic rings. The van der Waals surface area contributed by atoms with Crippen molar-refractivity contribution in [3.63, 3.8) is 0 Å². The Labute approximate surface area is 340 Å². The van der Waals surface area contributed by atoms with E-state index in [9.17, 15) is 0 Å². The molecular formula is C57H41N. The van der Waals surface area contributed by atoms with E-state index in [1.165, 1.54) is 88.0 Å². The molecule has 0 N–H and O–H groups in total. The number of hydrogen-bond donors (Lipinski definition) is 0. The van der Waals surface area contributed by atoms with E-state index in [4.69, 9.17) is 0 Å². The molecule has 0 radical (unpaired) electrons. The highest BCUT2D eigenvalue weighted by atomic mass is 15.1. The van der Waals surface area contributed by atoms with Crippen LogP contribution in [0, 0.1) is 0 Å². The van der Waals surface area contributed by atoms with Crippen molar-refractivity contribution in [2.24, 2.45) is 0 Å². The van der Waals surface area contributed by atoms with E-state index in [1.807, 2.05) is 0 Å². The molecular weight excluding hydrogens is 699 g/mol. The third-order valence-electron chi connectivity index (χ3n) is 12.4. The lowest BCUT2D eigenvalue weighted by molar-refractivity contribution is 0.660. The van der Waals surface area contributed by atoms with Crippen LogP contribution in [0.5, 0.6) is 0 Å². The van der Waals surface area contributed by atoms with Gasteiger partial charge in [-0.15, -0.1) is 0 Å². The Bertz CT molecular complexity index is 3210. The van der Waals surface area contributed by atoms with Crippen LogP contribution in [0.25, 0.3) is 76.8 Å². The van der Waals surface area contributed by atoms with Crippen LogP contribution in [-0.4, -0.2) is 0 Å². The summed E-state index contributed by atoms with van der Waals surface area (Å²) in [7, 11) is 0. The molecule has 0 heterocycles. The molecule has 0 spiro atoms. The molecule has 0 unspecified atom stereocenters. The summed E-state index contributed by atoms with van der Waals surface area (Å²) in [4.78, 5) is 2.47. The maximum Gasteiger partial charge on any atom is 0.0540 e. The van der Waals surface area contributed by atoms with Crippen LogP contribution in [0.2, 0.25) is 0 Å². The molecule has 58 heavy (non-hydrogen) atoms. The van der Waals surface area contributed by atoms with Crippen LogP contribution < -0.4 is 4.90 Å². The minimum Gasteiger partial charge on any atom is -0.310 e. The van der Waals surface area contributed by atoms with E-state index >= 15 is 0 Å². The van der Waals surface area contributed by atoms with Gasteiger partial charge >= 0.3 is 0 Å². The van der Waals surface area contributed by atoms with Gasteiger partial charge in [0.1, 0.15) is 0 Å². The minimum absolute atomic E-state index is 0.203. The van der Waals surface area contributed by atoms with E-state index in [0.717, 1.165) is 17.1 Å². The monoisotopic (exact) mass is 739 g/mol. The normalized spacial score (nSPS) is 12.8. The fraction of sp³-hybridized carbons (Fsp3) is 0.0526. The van der Waals surface area contributed by atoms with Crippen LogP contribution in [0.15, 0.2) is 212 Å². The molecule has 0 bridgehead atoms. The quantitative estimate of drug-likeness (QED) is 0.154. The minimum atomic E-state index is -0.203. The van der Waals surface area contributed by atoms with Gasteiger partial charge < -0.3 is 4.90 Å². The van der Waals surface area contributed by atoms with Gasteiger partial charge in [-0.2, -0.15) is 0 Å². The molecule has 0 aromatic heterocycles. The molecule has 0 atom stereocenters. The zero-order valence-electron chi connectivity index (χ0n) is 32.7. The number of benzene rings is 10. The maximum atomic E-state index is 2.47. The Hall–Kier alpha value is -7.22. The lowest BCUT2D eigenvalue weighted by atomic mass is 9.81. The number of para-hydroxylation sites is 1. The fourth-order valence-corrected chi connectivity index (χ4v) is 9.39. The molecule has 10 aromatic carbocycles. The lowest BCUT2D eigenvalue weighted by Crippen LogP contribution is -2.17. The summed E-state index contributed by atoms with van der Waals surface area (Å²) in [5, 5.41) is 7.55. The third-order valence-corrected chi connectivity index (χ3v) is 12.4. The summed E-state index contributed by atoms with van der Waals surface area (Å²) in [6.07, 6.45) is 0. The SMILES string of the molecule is CC1(C)c2cc(-c3ccc4ccccc4c3)ccc2-c2ccc(N(c3ccc4c(ccc5ccccc54)c3)c3ccccc3-c3cccc(-c4ccccc4)c3)cc21. The second-order valence-corrected chi connectivity index (χ2v) is 16.2. The Morgan fingerprint density at radius 2 is 0.879 bits per heavy atom. The van der Waals surface area contributed by atoms with Gasteiger partial charge in [0.15, 0.2) is 0 Å². The van der Waals surface area contributed by atoms with E-state index in [-0.39, 0.29) is 5.41 Å². The first-order valence-electron chi connectivity index (χ1n) is 20.2. The first-order valence-corrected chi connectivity index (χ1v) is 20.2. The first-order chi connectivity index (χ1) is 28.5. The highest BCUT2D eigenvalue weighted by Crippen LogP contribution is 2.52. The van der Waals surface area contributed by atoms with Gasteiger partial charge in [-0.25, -0.2) is 0 Å². The third kappa shape index (κ3) is 5.62. The molecule has 0 saturated carbocycles. The second-order valence-electron chi connectivity index (χ2n) is 16.2. The summed E-state index contributed by atoms with van der Waals surface area (Å²) >= 11 is 0. The zero-order chi connectivity index (χ0) is 38.8. The molecule has 1 heteroatoms. The Balaban J connectivity index is 1.07. The molecule has 0 amide bonds. The van der Waals surface area contributed by atoms with Gasteiger partial charge in [0.05, 0.1) is 5.69 Å². The topological polar surface area (TPSA) is 3.24 Å². The van der Waals surface area contributed by atoms with Gasteiger partial charge in [-0.05, 0) is 131 Å². The second kappa shape index (κ2) is 13.5. The van der Waals surface area contributed by atoms with Gasteiger partial charge in [-0.3, -0.25) is 0 Å². The van der Waals surface area contributed by atoms with Gasteiger partial charge in [0.25, 0.3) is 0 Å². The first kappa shape index (κ1) is 34.1. The molecule has 1 aliphatic rings. The zero-order valence-corrected chi connectivity index (χ0v) is 32.7. The van der Waals surface area contributed by atoms with Gasteiger partial charge in [0.2, 0.25) is 0 Å². The number of hydrogen-bond acceptors (Lipinski definition) is 1. The summed E-state index contributed by atoms with van der Waals surface area (Å²) < 4.78 is 0. The van der Waals surface area contributed by atoms with Crippen molar-refractivity contribution in [2.75, 3.05) is 4.90 Å². The van der Waals surface area contributed by atoms with Crippen LogP contribution in [-0.2, 0) is 5.41 Å². The van der Waals surface area contributed by atoms with Gasteiger partial charge in [-0.1, -0.05) is 178 Å². The maximum absolute atomic E-state index is 2.47. The summed E-state index contributed by atoms with van der Waals surface area (Å²) in [5.41, 5.74) is 15.8.